The van der Waals surface area contributed by atoms with Gasteiger partial charge in [-0.15, -0.1) is 11.3 Å². The van der Waals surface area contributed by atoms with Crippen LogP contribution in [0.3, 0.4) is 0 Å². The van der Waals surface area contributed by atoms with Crippen molar-refractivity contribution < 1.29 is 13.2 Å². The molecule has 5 nitrogen and oxygen atoms in total. The lowest BCUT2D eigenvalue weighted by atomic mass is 9.93. The summed E-state index contributed by atoms with van der Waals surface area (Å²) < 4.78 is 37.7. The van der Waals surface area contributed by atoms with E-state index in [0.29, 0.717) is 24.1 Å². The van der Waals surface area contributed by atoms with Gasteiger partial charge >= 0.3 is 6.18 Å². The maximum Gasteiger partial charge on any atom is 0.434 e. The van der Waals surface area contributed by atoms with E-state index in [9.17, 15) is 13.2 Å². The molecule has 0 atom stereocenters. The number of hydrogen-bond acceptors (Lipinski definition) is 4. The van der Waals surface area contributed by atoms with Crippen molar-refractivity contribution in [2.45, 2.75) is 33.5 Å². The van der Waals surface area contributed by atoms with E-state index in [1.54, 1.807) is 0 Å². The van der Waals surface area contributed by atoms with Gasteiger partial charge in [0.25, 0.3) is 0 Å². The molecule has 0 saturated heterocycles. The van der Waals surface area contributed by atoms with Crippen LogP contribution >= 0.6 is 11.3 Å². The molecule has 0 fully saturated rings. The van der Waals surface area contributed by atoms with E-state index in [4.69, 9.17) is 0 Å². The molecule has 0 saturated carbocycles. The van der Waals surface area contributed by atoms with E-state index in [0.717, 1.165) is 23.3 Å². The molecule has 0 radical (unpaired) electrons. The molecule has 9 heteroatoms. The third-order valence-corrected chi connectivity index (χ3v) is 3.87. The Morgan fingerprint density at radius 1 is 1.29 bits per heavy atom. The minimum absolute atomic E-state index is 0.0321. The highest BCUT2D eigenvalue weighted by Gasteiger charge is 2.33. The molecular formula is C15H26F3N5S. The van der Waals surface area contributed by atoms with Crippen LogP contribution in [0.4, 0.5) is 13.2 Å². The van der Waals surface area contributed by atoms with Gasteiger partial charge < -0.3 is 15.5 Å². The average Bonchev–Trinajstić information content (AvgIpc) is 2.89. The molecule has 0 aliphatic rings. The first-order chi connectivity index (χ1) is 11.0. The highest BCUT2D eigenvalue weighted by atomic mass is 32.1. The zero-order chi connectivity index (χ0) is 18.4. The second kappa shape index (κ2) is 8.66. The molecule has 2 N–H and O–H groups in total. The van der Waals surface area contributed by atoms with Crippen molar-refractivity contribution in [2.75, 3.05) is 33.7 Å². The average molecular weight is 365 g/mol. The largest absolute Gasteiger partial charge is 0.434 e. The van der Waals surface area contributed by atoms with Crippen molar-refractivity contribution in [1.29, 1.82) is 0 Å². The maximum absolute atomic E-state index is 12.6. The molecule has 0 aliphatic heterocycles. The van der Waals surface area contributed by atoms with Gasteiger partial charge in [-0.3, -0.25) is 0 Å². The van der Waals surface area contributed by atoms with Crippen LogP contribution in [0, 0.1) is 5.41 Å². The Labute approximate surface area is 145 Å². The highest BCUT2D eigenvalue weighted by Crippen LogP contribution is 2.30. The van der Waals surface area contributed by atoms with Crippen LogP contribution in [0.2, 0.25) is 0 Å². The summed E-state index contributed by atoms with van der Waals surface area (Å²) in [6.07, 6.45) is -4.41. The van der Waals surface area contributed by atoms with Gasteiger partial charge in [-0.1, -0.05) is 13.8 Å². The molecule has 0 aromatic carbocycles. The highest BCUT2D eigenvalue weighted by molar-refractivity contribution is 7.09. The second-order valence-electron chi connectivity index (χ2n) is 6.57. The minimum atomic E-state index is -4.41. The van der Waals surface area contributed by atoms with E-state index in [-0.39, 0.29) is 12.0 Å². The van der Waals surface area contributed by atoms with E-state index in [1.807, 2.05) is 21.0 Å². The molecule has 0 aliphatic carbocycles. The lowest BCUT2D eigenvalue weighted by Crippen LogP contribution is -2.44. The molecular weight excluding hydrogens is 339 g/mol. The van der Waals surface area contributed by atoms with Crippen LogP contribution < -0.4 is 10.6 Å². The number of rotatable bonds is 7. The van der Waals surface area contributed by atoms with Crippen molar-refractivity contribution in [3.8, 4) is 0 Å². The van der Waals surface area contributed by atoms with Gasteiger partial charge in [0.05, 0.1) is 6.54 Å². The number of halogens is 3. The number of hydrogen-bond donors (Lipinski definition) is 2. The molecule has 1 heterocycles. The van der Waals surface area contributed by atoms with Crippen LogP contribution in [0.25, 0.3) is 0 Å². The fourth-order valence-corrected chi connectivity index (χ4v) is 2.96. The third kappa shape index (κ3) is 7.48. The van der Waals surface area contributed by atoms with Crippen LogP contribution in [0.15, 0.2) is 10.4 Å². The summed E-state index contributed by atoms with van der Waals surface area (Å²) >= 11 is 0.968. The van der Waals surface area contributed by atoms with E-state index in [1.165, 1.54) is 0 Å². The Hall–Kier alpha value is -1.35. The predicted molar refractivity (Wildman–Crippen MR) is 92.3 cm³/mol. The molecule has 0 unspecified atom stereocenters. The predicted octanol–water partition coefficient (Wildman–Crippen LogP) is 2.80. The summed E-state index contributed by atoms with van der Waals surface area (Å²) in [5, 5.41) is 7.70. The van der Waals surface area contributed by atoms with Gasteiger partial charge in [-0.05, 0) is 26.4 Å². The number of nitrogens with one attached hydrogen (secondary N) is 2. The summed E-state index contributed by atoms with van der Waals surface area (Å²) in [6, 6.07) is 0. The lowest BCUT2D eigenvalue weighted by molar-refractivity contribution is -0.140. The van der Waals surface area contributed by atoms with E-state index in [2.05, 4.69) is 39.4 Å². The molecule has 0 bridgehead atoms. The number of aliphatic imine (C=N–C) groups is 1. The number of aromatic nitrogens is 1. The molecule has 0 amide bonds. The van der Waals surface area contributed by atoms with Gasteiger partial charge in [0, 0.05) is 25.0 Å². The summed E-state index contributed by atoms with van der Waals surface area (Å²) in [5.41, 5.74) is -0.826. The van der Waals surface area contributed by atoms with E-state index < -0.39 is 11.9 Å². The van der Waals surface area contributed by atoms with Gasteiger partial charge in [-0.25, -0.2) is 9.98 Å². The van der Waals surface area contributed by atoms with Crippen molar-refractivity contribution in [3.05, 3.63) is 16.1 Å². The Bertz CT molecular complexity index is 537. The number of nitrogens with zero attached hydrogens (tertiary/aromatic N) is 3. The van der Waals surface area contributed by atoms with Crippen molar-refractivity contribution in [1.82, 2.24) is 20.5 Å². The lowest BCUT2D eigenvalue weighted by Gasteiger charge is -2.29. The fourth-order valence-electron chi connectivity index (χ4n) is 2.24. The first-order valence-corrected chi connectivity index (χ1v) is 8.60. The van der Waals surface area contributed by atoms with Gasteiger partial charge in [0.2, 0.25) is 0 Å². The van der Waals surface area contributed by atoms with Gasteiger partial charge in [-0.2, -0.15) is 13.2 Å². The van der Waals surface area contributed by atoms with Crippen molar-refractivity contribution in [2.24, 2.45) is 10.4 Å². The minimum Gasteiger partial charge on any atom is -0.357 e. The molecule has 24 heavy (non-hydrogen) atoms. The van der Waals surface area contributed by atoms with Crippen molar-refractivity contribution >= 4 is 17.3 Å². The van der Waals surface area contributed by atoms with Crippen LogP contribution in [0.1, 0.15) is 31.5 Å². The third-order valence-electron chi connectivity index (χ3n) is 3.04. The Balaban J connectivity index is 2.67. The fraction of sp³-hybridized carbons (Fsp3) is 0.733. The number of alkyl halides is 3. The summed E-state index contributed by atoms with van der Waals surface area (Å²) in [6.45, 7) is 8.60. The Morgan fingerprint density at radius 3 is 2.46 bits per heavy atom. The quantitative estimate of drug-likeness (QED) is 0.576. The smallest absolute Gasteiger partial charge is 0.357 e. The monoisotopic (exact) mass is 365 g/mol. The number of thiazole rings is 1. The van der Waals surface area contributed by atoms with Gasteiger partial charge in [0.15, 0.2) is 11.7 Å². The van der Waals surface area contributed by atoms with E-state index >= 15 is 0 Å². The second-order valence-corrected chi connectivity index (χ2v) is 7.52. The topological polar surface area (TPSA) is 52.6 Å². The zero-order valence-corrected chi connectivity index (χ0v) is 15.6. The molecule has 1 aromatic rings. The number of guanidine groups is 1. The first kappa shape index (κ1) is 20.7. The summed E-state index contributed by atoms with van der Waals surface area (Å²) in [4.78, 5) is 10.0. The Kier molecular flexibility index (Phi) is 7.47. The maximum atomic E-state index is 12.6. The molecule has 1 aromatic heterocycles. The Morgan fingerprint density at radius 2 is 1.96 bits per heavy atom. The zero-order valence-electron chi connectivity index (χ0n) is 14.8. The van der Waals surface area contributed by atoms with Crippen LogP contribution in [-0.4, -0.2) is 49.6 Å². The summed E-state index contributed by atoms with van der Waals surface area (Å²) in [5.74, 6) is 0.577. The SMILES string of the molecule is CCNC(=NCc1nc(C(F)(F)F)cs1)NCC(C)(C)CN(C)C. The first-order valence-electron chi connectivity index (χ1n) is 7.72. The van der Waals surface area contributed by atoms with Crippen LogP contribution in [-0.2, 0) is 12.7 Å². The standard InChI is InChI=1S/C15H26F3N5S/c1-6-19-13(21-9-14(2,3)10-23(4)5)20-7-12-22-11(8-24-12)15(16,17)18/h8H,6-7,9-10H2,1-5H3,(H2,19,20,21). The van der Waals surface area contributed by atoms with Crippen molar-refractivity contribution in [3.63, 3.8) is 0 Å². The normalized spacial score (nSPS) is 13.5. The van der Waals surface area contributed by atoms with Gasteiger partial charge in [0.1, 0.15) is 5.01 Å². The molecule has 138 valence electrons. The molecule has 1 rings (SSSR count). The summed E-state index contributed by atoms with van der Waals surface area (Å²) in [7, 11) is 4.03. The van der Waals surface area contributed by atoms with Crippen LogP contribution in [0.5, 0.6) is 0 Å². The molecule has 0 spiro atoms.